The van der Waals surface area contributed by atoms with Gasteiger partial charge in [0, 0.05) is 22.9 Å². The molecule has 0 heterocycles. The highest BCUT2D eigenvalue weighted by molar-refractivity contribution is 7.99. The van der Waals surface area contributed by atoms with Crippen LogP contribution in [-0.2, 0) is 6.18 Å². The molecule has 0 aromatic heterocycles. The van der Waals surface area contributed by atoms with Gasteiger partial charge in [-0.2, -0.15) is 13.2 Å². The Kier molecular flexibility index (Phi) is 4.95. The molecule has 1 N–H and O–H groups in total. The average molecular weight is 297 g/mol. The van der Waals surface area contributed by atoms with E-state index >= 15 is 0 Å². The molecule has 0 saturated heterocycles. The quantitative estimate of drug-likeness (QED) is 0.621. The van der Waals surface area contributed by atoms with Crippen LogP contribution in [0, 0.1) is 0 Å². The number of halogens is 3. The van der Waals surface area contributed by atoms with E-state index in [1.54, 1.807) is 17.8 Å². The van der Waals surface area contributed by atoms with Crippen LogP contribution in [0.5, 0.6) is 0 Å². The third-order valence-corrected chi connectivity index (χ3v) is 3.68. The predicted molar refractivity (Wildman–Crippen MR) is 77.1 cm³/mol. The first kappa shape index (κ1) is 14.8. The van der Waals surface area contributed by atoms with Gasteiger partial charge in [0.05, 0.1) is 5.56 Å². The Morgan fingerprint density at radius 3 is 2.25 bits per heavy atom. The number of alkyl halides is 3. The number of rotatable bonds is 5. The van der Waals surface area contributed by atoms with E-state index in [4.69, 9.17) is 0 Å². The summed E-state index contributed by atoms with van der Waals surface area (Å²) in [6.07, 6.45) is -4.32. The minimum atomic E-state index is -4.32. The van der Waals surface area contributed by atoms with Crippen molar-refractivity contribution in [1.29, 1.82) is 0 Å². The van der Waals surface area contributed by atoms with Gasteiger partial charge in [0.1, 0.15) is 0 Å². The zero-order chi connectivity index (χ0) is 14.4. The van der Waals surface area contributed by atoms with E-state index in [0.29, 0.717) is 12.3 Å². The van der Waals surface area contributed by atoms with Crippen molar-refractivity contribution < 1.29 is 13.2 Å². The van der Waals surface area contributed by atoms with Crippen LogP contribution in [0.3, 0.4) is 0 Å². The molecule has 2 aromatic carbocycles. The molecule has 0 aliphatic carbocycles. The van der Waals surface area contributed by atoms with Crippen LogP contribution in [-0.4, -0.2) is 12.3 Å². The fourth-order valence-corrected chi connectivity index (χ4v) is 2.55. The van der Waals surface area contributed by atoms with Crippen LogP contribution in [0.2, 0.25) is 0 Å². The highest BCUT2D eigenvalue weighted by Gasteiger charge is 2.32. The molecular weight excluding hydrogens is 283 g/mol. The summed E-state index contributed by atoms with van der Waals surface area (Å²) in [6, 6.07) is 15.3. The molecule has 0 aliphatic heterocycles. The lowest BCUT2D eigenvalue weighted by atomic mass is 10.1. The van der Waals surface area contributed by atoms with E-state index in [1.165, 1.54) is 12.1 Å². The van der Waals surface area contributed by atoms with E-state index in [0.717, 1.165) is 11.0 Å². The van der Waals surface area contributed by atoms with Crippen molar-refractivity contribution in [3.8, 4) is 0 Å². The van der Waals surface area contributed by atoms with Gasteiger partial charge < -0.3 is 5.32 Å². The first-order valence-electron chi connectivity index (χ1n) is 6.15. The number of benzene rings is 2. The standard InChI is InChI=1S/C15H14F3NS/c16-15(17,18)13-8-4-5-9-14(13)19-10-11-20-12-6-2-1-3-7-12/h1-9,19H,10-11H2. The van der Waals surface area contributed by atoms with Gasteiger partial charge in [-0.25, -0.2) is 0 Å². The lowest BCUT2D eigenvalue weighted by Crippen LogP contribution is -2.12. The second kappa shape index (κ2) is 6.70. The van der Waals surface area contributed by atoms with Gasteiger partial charge in [0.2, 0.25) is 0 Å². The number of anilines is 1. The third-order valence-electron chi connectivity index (χ3n) is 2.66. The molecule has 2 aromatic rings. The molecule has 0 fully saturated rings. The SMILES string of the molecule is FC(F)(F)c1ccccc1NCCSc1ccccc1. The molecule has 0 aliphatic rings. The van der Waals surface area contributed by atoms with Crippen molar-refractivity contribution in [2.45, 2.75) is 11.1 Å². The average Bonchev–Trinajstić information content (AvgIpc) is 2.44. The number of thioether (sulfide) groups is 1. The highest BCUT2D eigenvalue weighted by Crippen LogP contribution is 2.34. The summed E-state index contributed by atoms with van der Waals surface area (Å²) >= 11 is 1.61. The van der Waals surface area contributed by atoms with E-state index in [2.05, 4.69) is 5.32 Å². The monoisotopic (exact) mass is 297 g/mol. The number of hydrogen-bond donors (Lipinski definition) is 1. The number of hydrogen-bond acceptors (Lipinski definition) is 2. The van der Waals surface area contributed by atoms with E-state index in [-0.39, 0.29) is 5.69 Å². The minimum absolute atomic E-state index is 0.133. The van der Waals surface area contributed by atoms with Crippen molar-refractivity contribution >= 4 is 17.4 Å². The molecule has 106 valence electrons. The molecule has 5 heteroatoms. The van der Waals surface area contributed by atoms with Gasteiger partial charge >= 0.3 is 6.18 Å². The fourth-order valence-electron chi connectivity index (χ4n) is 1.76. The van der Waals surface area contributed by atoms with Gasteiger partial charge in [-0.3, -0.25) is 0 Å². The van der Waals surface area contributed by atoms with Crippen molar-refractivity contribution in [2.75, 3.05) is 17.6 Å². The first-order valence-corrected chi connectivity index (χ1v) is 7.14. The Balaban J connectivity index is 1.89. The molecule has 1 nitrogen and oxygen atoms in total. The summed E-state index contributed by atoms with van der Waals surface area (Å²) in [5, 5.41) is 2.85. The Labute approximate surface area is 120 Å². The van der Waals surface area contributed by atoms with Crippen molar-refractivity contribution in [1.82, 2.24) is 0 Å². The molecular formula is C15H14F3NS. The Hall–Kier alpha value is -1.62. The molecule has 0 amide bonds. The van der Waals surface area contributed by atoms with Crippen LogP contribution in [0.1, 0.15) is 5.56 Å². The third kappa shape index (κ3) is 4.20. The van der Waals surface area contributed by atoms with Crippen LogP contribution < -0.4 is 5.32 Å². The Bertz CT molecular complexity index is 540. The number of nitrogens with one attached hydrogen (secondary N) is 1. The van der Waals surface area contributed by atoms with Gasteiger partial charge in [0.25, 0.3) is 0 Å². The zero-order valence-electron chi connectivity index (χ0n) is 10.7. The van der Waals surface area contributed by atoms with Gasteiger partial charge in [-0.1, -0.05) is 30.3 Å². The summed E-state index contributed by atoms with van der Waals surface area (Å²) in [4.78, 5) is 1.11. The summed E-state index contributed by atoms with van der Waals surface area (Å²) in [5.41, 5.74) is -0.488. The molecule has 20 heavy (non-hydrogen) atoms. The van der Waals surface area contributed by atoms with Crippen LogP contribution >= 0.6 is 11.8 Å². The van der Waals surface area contributed by atoms with Crippen LogP contribution in [0.15, 0.2) is 59.5 Å². The topological polar surface area (TPSA) is 12.0 Å². The number of para-hydroxylation sites is 1. The summed E-state index contributed by atoms with van der Waals surface area (Å²) < 4.78 is 38.3. The normalized spacial score (nSPS) is 11.3. The Morgan fingerprint density at radius 1 is 0.900 bits per heavy atom. The Morgan fingerprint density at radius 2 is 1.55 bits per heavy atom. The summed E-state index contributed by atoms with van der Waals surface area (Å²) in [7, 11) is 0. The molecule has 0 spiro atoms. The van der Waals surface area contributed by atoms with Crippen LogP contribution in [0.25, 0.3) is 0 Å². The lowest BCUT2D eigenvalue weighted by molar-refractivity contribution is -0.136. The fraction of sp³-hybridized carbons (Fsp3) is 0.200. The van der Waals surface area contributed by atoms with Gasteiger partial charge in [0.15, 0.2) is 0 Å². The molecule has 0 atom stereocenters. The summed E-state index contributed by atoms with van der Waals surface area (Å²) in [5.74, 6) is 0.705. The van der Waals surface area contributed by atoms with Gasteiger partial charge in [-0.05, 0) is 24.3 Å². The van der Waals surface area contributed by atoms with Crippen molar-refractivity contribution in [3.63, 3.8) is 0 Å². The van der Waals surface area contributed by atoms with Crippen molar-refractivity contribution in [3.05, 3.63) is 60.2 Å². The molecule has 0 bridgehead atoms. The predicted octanol–water partition coefficient (Wildman–Crippen LogP) is 4.91. The highest BCUT2D eigenvalue weighted by atomic mass is 32.2. The molecule has 0 radical (unpaired) electrons. The zero-order valence-corrected chi connectivity index (χ0v) is 11.5. The van der Waals surface area contributed by atoms with Crippen LogP contribution in [0.4, 0.5) is 18.9 Å². The molecule has 0 saturated carbocycles. The largest absolute Gasteiger partial charge is 0.418 e. The molecule has 0 unspecified atom stereocenters. The van der Waals surface area contributed by atoms with E-state index in [1.807, 2.05) is 30.3 Å². The van der Waals surface area contributed by atoms with E-state index in [9.17, 15) is 13.2 Å². The van der Waals surface area contributed by atoms with Gasteiger partial charge in [-0.15, -0.1) is 11.8 Å². The summed E-state index contributed by atoms with van der Waals surface area (Å²) in [6.45, 7) is 0.479. The second-order valence-corrected chi connectivity index (χ2v) is 5.30. The van der Waals surface area contributed by atoms with E-state index < -0.39 is 11.7 Å². The first-order chi connectivity index (χ1) is 9.57. The maximum atomic E-state index is 12.8. The lowest BCUT2D eigenvalue weighted by Gasteiger charge is -2.14. The van der Waals surface area contributed by atoms with Crippen molar-refractivity contribution in [2.24, 2.45) is 0 Å². The maximum Gasteiger partial charge on any atom is 0.418 e. The molecule has 2 rings (SSSR count). The smallest absolute Gasteiger partial charge is 0.384 e. The second-order valence-electron chi connectivity index (χ2n) is 4.13. The minimum Gasteiger partial charge on any atom is -0.384 e. The maximum absolute atomic E-state index is 12.8.